The third-order valence-corrected chi connectivity index (χ3v) is 4.68. The summed E-state index contributed by atoms with van der Waals surface area (Å²) < 4.78 is 5.10. The van der Waals surface area contributed by atoms with E-state index in [0.29, 0.717) is 28.4 Å². The van der Waals surface area contributed by atoms with Crippen molar-refractivity contribution in [3.05, 3.63) is 59.1 Å². The zero-order chi connectivity index (χ0) is 18.9. The number of ether oxygens (including phenoxy) is 1. The van der Waals surface area contributed by atoms with E-state index in [-0.39, 0.29) is 11.8 Å². The molecule has 0 heterocycles. The monoisotopic (exact) mass is 392 g/mol. The number of nitrogens with one attached hydrogen (secondary N) is 2. The summed E-state index contributed by atoms with van der Waals surface area (Å²) in [7, 11) is 1.58. The minimum Gasteiger partial charge on any atom is -0.497 e. The van der Waals surface area contributed by atoms with E-state index in [2.05, 4.69) is 10.6 Å². The molecule has 0 radical (unpaired) electrons. The van der Waals surface area contributed by atoms with Gasteiger partial charge in [-0.25, -0.2) is 0 Å². The highest BCUT2D eigenvalue weighted by Gasteiger charge is 2.22. The van der Waals surface area contributed by atoms with Gasteiger partial charge in [-0.15, -0.1) is 0 Å². The summed E-state index contributed by atoms with van der Waals surface area (Å²) in [6.45, 7) is 0. The van der Waals surface area contributed by atoms with Crippen LogP contribution in [-0.4, -0.2) is 37.0 Å². The Labute approximate surface area is 162 Å². The van der Waals surface area contributed by atoms with Gasteiger partial charge in [-0.1, -0.05) is 23.7 Å². The van der Waals surface area contributed by atoms with Crippen molar-refractivity contribution in [1.82, 2.24) is 5.32 Å². The van der Waals surface area contributed by atoms with Crippen LogP contribution in [0.2, 0.25) is 5.02 Å². The predicted octanol–water partition coefficient (Wildman–Crippen LogP) is 3.84. The number of carbonyl (C=O) groups is 2. The SMILES string of the molecule is COc1ccc(NC(=O)C(CCSC)NC(=O)c2ccccc2Cl)cc1. The lowest BCUT2D eigenvalue weighted by molar-refractivity contribution is -0.118. The first kappa shape index (κ1) is 20.1. The van der Waals surface area contributed by atoms with Crippen LogP contribution < -0.4 is 15.4 Å². The number of methoxy groups -OCH3 is 1. The van der Waals surface area contributed by atoms with Gasteiger partial charge < -0.3 is 15.4 Å². The molecule has 0 saturated heterocycles. The van der Waals surface area contributed by atoms with E-state index in [1.54, 1.807) is 67.4 Å². The van der Waals surface area contributed by atoms with Gasteiger partial charge in [-0.2, -0.15) is 11.8 Å². The molecular weight excluding hydrogens is 372 g/mol. The molecule has 138 valence electrons. The van der Waals surface area contributed by atoms with Crippen molar-refractivity contribution in [1.29, 1.82) is 0 Å². The van der Waals surface area contributed by atoms with Crippen LogP contribution in [-0.2, 0) is 4.79 Å². The topological polar surface area (TPSA) is 67.4 Å². The highest BCUT2D eigenvalue weighted by atomic mass is 35.5. The fourth-order valence-corrected chi connectivity index (χ4v) is 2.98. The van der Waals surface area contributed by atoms with Crippen molar-refractivity contribution in [3.8, 4) is 5.75 Å². The molecule has 2 aromatic carbocycles. The summed E-state index contributed by atoms with van der Waals surface area (Å²) >= 11 is 7.68. The minimum atomic E-state index is -0.659. The van der Waals surface area contributed by atoms with E-state index in [1.165, 1.54) is 0 Å². The first-order valence-corrected chi connectivity index (χ1v) is 9.81. The molecular formula is C19H21ClN2O3S. The molecule has 0 aromatic heterocycles. The molecule has 2 amide bonds. The zero-order valence-electron chi connectivity index (χ0n) is 14.6. The largest absolute Gasteiger partial charge is 0.497 e. The van der Waals surface area contributed by atoms with Gasteiger partial charge in [-0.05, 0) is 54.8 Å². The van der Waals surface area contributed by atoms with E-state index in [0.717, 1.165) is 5.75 Å². The van der Waals surface area contributed by atoms with Gasteiger partial charge in [0.1, 0.15) is 11.8 Å². The van der Waals surface area contributed by atoms with Gasteiger partial charge in [0, 0.05) is 5.69 Å². The Morgan fingerprint density at radius 2 is 1.85 bits per heavy atom. The van der Waals surface area contributed by atoms with Crippen molar-refractivity contribution < 1.29 is 14.3 Å². The Morgan fingerprint density at radius 3 is 2.46 bits per heavy atom. The van der Waals surface area contributed by atoms with Gasteiger partial charge in [0.2, 0.25) is 5.91 Å². The Kier molecular flexibility index (Phi) is 7.81. The Hall–Kier alpha value is -2.18. The molecule has 0 aliphatic rings. The molecule has 0 spiro atoms. The summed E-state index contributed by atoms with van der Waals surface area (Å²) in [4.78, 5) is 25.1. The first-order chi connectivity index (χ1) is 12.5. The van der Waals surface area contributed by atoms with Crippen molar-refractivity contribution in [2.75, 3.05) is 24.4 Å². The molecule has 7 heteroatoms. The van der Waals surface area contributed by atoms with Crippen molar-refractivity contribution in [2.24, 2.45) is 0 Å². The smallest absolute Gasteiger partial charge is 0.253 e. The molecule has 2 aromatic rings. The van der Waals surface area contributed by atoms with Crippen LogP contribution in [0.5, 0.6) is 5.75 Å². The van der Waals surface area contributed by atoms with Crippen LogP contribution in [0, 0.1) is 0 Å². The first-order valence-electron chi connectivity index (χ1n) is 8.04. The number of anilines is 1. The molecule has 2 N–H and O–H groups in total. The van der Waals surface area contributed by atoms with Gasteiger partial charge in [0.15, 0.2) is 0 Å². The molecule has 1 atom stereocenters. The minimum absolute atomic E-state index is 0.273. The van der Waals surface area contributed by atoms with Gasteiger partial charge >= 0.3 is 0 Å². The number of halogens is 1. The molecule has 0 aliphatic heterocycles. The molecule has 2 rings (SSSR count). The standard InChI is InChI=1S/C19H21ClN2O3S/c1-25-14-9-7-13(8-10-14)21-19(24)17(11-12-26-2)22-18(23)15-5-3-4-6-16(15)20/h3-10,17H,11-12H2,1-2H3,(H,21,24)(H,22,23). The number of amides is 2. The molecule has 0 bridgehead atoms. The summed E-state index contributed by atoms with van der Waals surface area (Å²) in [6.07, 6.45) is 2.47. The fourth-order valence-electron chi connectivity index (χ4n) is 2.29. The second-order valence-electron chi connectivity index (χ2n) is 5.51. The lowest BCUT2D eigenvalue weighted by atomic mass is 10.1. The maximum Gasteiger partial charge on any atom is 0.253 e. The Balaban J connectivity index is 2.08. The average Bonchev–Trinajstić information content (AvgIpc) is 2.65. The van der Waals surface area contributed by atoms with E-state index < -0.39 is 6.04 Å². The summed E-state index contributed by atoms with van der Waals surface area (Å²) in [5.41, 5.74) is 0.984. The number of hydrogen-bond donors (Lipinski definition) is 2. The highest BCUT2D eigenvalue weighted by Crippen LogP contribution is 2.17. The summed E-state index contributed by atoms with van der Waals surface area (Å²) in [5, 5.41) is 5.95. The lowest BCUT2D eigenvalue weighted by Gasteiger charge is -2.18. The van der Waals surface area contributed by atoms with Gasteiger partial charge in [0.25, 0.3) is 5.91 Å². The number of hydrogen-bond acceptors (Lipinski definition) is 4. The molecule has 0 fully saturated rings. The zero-order valence-corrected chi connectivity index (χ0v) is 16.2. The second kappa shape index (κ2) is 10.1. The average molecular weight is 393 g/mol. The molecule has 0 aliphatic carbocycles. The Bertz CT molecular complexity index is 753. The lowest BCUT2D eigenvalue weighted by Crippen LogP contribution is -2.44. The van der Waals surface area contributed by atoms with Crippen LogP contribution in [0.25, 0.3) is 0 Å². The summed E-state index contributed by atoms with van der Waals surface area (Å²) in [6, 6.07) is 13.1. The third kappa shape index (κ3) is 5.68. The summed E-state index contributed by atoms with van der Waals surface area (Å²) in [5.74, 6) is 0.800. The molecule has 1 unspecified atom stereocenters. The van der Waals surface area contributed by atoms with E-state index in [4.69, 9.17) is 16.3 Å². The number of thioether (sulfide) groups is 1. The quantitative estimate of drug-likeness (QED) is 0.716. The van der Waals surface area contributed by atoms with Crippen molar-refractivity contribution >= 4 is 40.9 Å². The van der Waals surface area contributed by atoms with E-state index in [1.807, 2.05) is 6.26 Å². The molecule has 5 nitrogen and oxygen atoms in total. The van der Waals surface area contributed by atoms with E-state index in [9.17, 15) is 9.59 Å². The van der Waals surface area contributed by atoms with Crippen LogP contribution in [0.3, 0.4) is 0 Å². The predicted molar refractivity (Wildman–Crippen MR) is 107 cm³/mol. The van der Waals surface area contributed by atoms with Gasteiger partial charge in [-0.3, -0.25) is 9.59 Å². The van der Waals surface area contributed by atoms with Crippen molar-refractivity contribution in [3.63, 3.8) is 0 Å². The van der Waals surface area contributed by atoms with E-state index >= 15 is 0 Å². The highest BCUT2D eigenvalue weighted by molar-refractivity contribution is 7.98. The number of benzene rings is 2. The second-order valence-corrected chi connectivity index (χ2v) is 6.90. The number of rotatable bonds is 8. The van der Waals surface area contributed by atoms with Crippen LogP contribution in [0.4, 0.5) is 5.69 Å². The normalized spacial score (nSPS) is 11.5. The van der Waals surface area contributed by atoms with Crippen LogP contribution in [0.15, 0.2) is 48.5 Å². The maximum absolute atomic E-state index is 12.6. The molecule has 26 heavy (non-hydrogen) atoms. The van der Waals surface area contributed by atoms with Gasteiger partial charge in [0.05, 0.1) is 17.7 Å². The van der Waals surface area contributed by atoms with Crippen LogP contribution in [0.1, 0.15) is 16.8 Å². The Morgan fingerprint density at radius 1 is 1.15 bits per heavy atom. The maximum atomic E-state index is 12.6. The van der Waals surface area contributed by atoms with Crippen LogP contribution >= 0.6 is 23.4 Å². The fraction of sp³-hybridized carbons (Fsp3) is 0.263. The van der Waals surface area contributed by atoms with Crippen molar-refractivity contribution in [2.45, 2.75) is 12.5 Å². The third-order valence-electron chi connectivity index (χ3n) is 3.71. The number of carbonyl (C=O) groups excluding carboxylic acids is 2. The molecule has 0 saturated carbocycles.